The molecular formula is C10H15N. The quantitative estimate of drug-likeness (QED) is 0.630. The molecule has 0 aromatic carbocycles. The van der Waals surface area contributed by atoms with Crippen LogP contribution in [0.2, 0.25) is 0 Å². The van der Waals surface area contributed by atoms with Gasteiger partial charge < -0.3 is 5.32 Å². The van der Waals surface area contributed by atoms with Gasteiger partial charge in [-0.2, -0.15) is 0 Å². The van der Waals surface area contributed by atoms with Gasteiger partial charge in [-0.25, -0.2) is 0 Å². The summed E-state index contributed by atoms with van der Waals surface area (Å²) in [5.74, 6) is 1.73. The smallest absolute Gasteiger partial charge is 0.0102 e. The van der Waals surface area contributed by atoms with Crippen molar-refractivity contribution < 1.29 is 0 Å². The Morgan fingerprint density at radius 1 is 1.36 bits per heavy atom. The normalized spacial score (nSPS) is 41.0. The molecule has 60 valence electrons. The van der Waals surface area contributed by atoms with Crippen molar-refractivity contribution in [3.05, 3.63) is 24.3 Å². The predicted octanol–water partition coefficient (Wildman–Crippen LogP) is 1.73. The zero-order valence-electron chi connectivity index (χ0n) is 6.96. The molecular weight excluding hydrogens is 134 g/mol. The fourth-order valence-corrected chi connectivity index (χ4v) is 1.94. The summed E-state index contributed by atoms with van der Waals surface area (Å²) < 4.78 is 0. The Labute approximate surface area is 68.2 Å². The van der Waals surface area contributed by atoms with Gasteiger partial charge >= 0.3 is 0 Å². The Balaban J connectivity index is 1.88. The van der Waals surface area contributed by atoms with E-state index in [9.17, 15) is 0 Å². The fourth-order valence-electron chi connectivity index (χ4n) is 1.94. The maximum Gasteiger partial charge on any atom is 0.0102 e. The highest BCUT2D eigenvalue weighted by Crippen LogP contribution is 2.40. The van der Waals surface area contributed by atoms with Gasteiger partial charge in [0.2, 0.25) is 0 Å². The fraction of sp³-hybridized carbons (Fsp3) is 0.600. The molecule has 0 spiro atoms. The zero-order valence-corrected chi connectivity index (χ0v) is 6.96. The van der Waals surface area contributed by atoms with Crippen LogP contribution in [0.4, 0.5) is 0 Å². The second kappa shape index (κ2) is 2.82. The van der Waals surface area contributed by atoms with E-state index in [0.717, 1.165) is 17.9 Å². The third kappa shape index (κ3) is 1.38. The highest BCUT2D eigenvalue weighted by Gasteiger charge is 2.40. The first-order valence-electron chi connectivity index (χ1n) is 4.42. The Kier molecular flexibility index (Phi) is 1.82. The molecule has 1 unspecified atom stereocenters. The van der Waals surface area contributed by atoms with Crippen LogP contribution in [0.1, 0.15) is 12.8 Å². The second-order valence-electron chi connectivity index (χ2n) is 3.51. The molecule has 3 atom stereocenters. The molecule has 0 aliphatic heterocycles. The lowest BCUT2D eigenvalue weighted by Crippen LogP contribution is -2.14. The number of hydrogen-bond donors (Lipinski definition) is 1. The van der Waals surface area contributed by atoms with Crippen LogP contribution in [0.3, 0.4) is 0 Å². The molecule has 1 saturated carbocycles. The van der Waals surface area contributed by atoms with Crippen LogP contribution in [0.5, 0.6) is 0 Å². The summed E-state index contributed by atoms with van der Waals surface area (Å²) in [6.45, 7) is 0. The molecule has 2 rings (SSSR count). The van der Waals surface area contributed by atoms with Gasteiger partial charge in [-0.15, -0.1) is 0 Å². The predicted molar refractivity (Wildman–Crippen MR) is 47.3 cm³/mol. The SMILES string of the molecule is CN[C@H]1C[C@@H]1C1C=CC=CC1. The van der Waals surface area contributed by atoms with E-state index in [4.69, 9.17) is 0 Å². The largest absolute Gasteiger partial charge is 0.317 e. The molecule has 0 aromatic heterocycles. The molecule has 0 radical (unpaired) electrons. The molecule has 2 aliphatic rings. The van der Waals surface area contributed by atoms with E-state index in [0.29, 0.717) is 0 Å². The van der Waals surface area contributed by atoms with Crippen LogP contribution in [-0.2, 0) is 0 Å². The maximum atomic E-state index is 3.33. The van der Waals surface area contributed by atoms with Crippen LogP contribution in [-0.4, -0.2) is 13.1 Å². The van der Waals surface area contributed by atoms with E-state index in [1.165, 1.54) is 12.8 Å². The summed E-state index contributed by atoms with van der Waals surface area (Å²) in [5, 5.41) is 3.33. The van der Waals surface area contributed by atoms with Crippen LogP contribution in [0.25, 0.3) is 0 Å². The van der Waals surface area contributed by atoms with Crippen molar-refractivity contribution >= 4 is 0 Å². The number of hydrogen-bond acceptors (Lipinski definition) is 1. The van der Waals surface area contributed by atoms with E-state index in [2.05, 4.69) is 36.7 Å². The van der Waals surface area contributed by atoms with E-state index in [1.807, 2.05) is 0 Å². The first-order valence-corrected chi connectivity index (χ1v) is 4.42. The highest BCUT2D eigenvalue weighted by molar-refractivity contribution is 5.15. The van der Waals surface area contributed by atoms with Gasteiger partial charge in [0.1, 0.15) is 0 Å². The molecule has 1 N–H and O–H groups in total. The van der Waals surface area contributed by atoms with E-state index >= 15 is 0 Å². The Morgan fingerprint density at radius 2 is 2.27 bits per heavy atom. The molecule has 11 heavy (non-hydrogen) atoms. The minimum atomic E-state index is 0.802. The molecule has 1 nitrogen and oxygen atoms in total. The van der Waals surface area contributed by atoms with Crippen LogP contribution in [0.15, 0.2) is 24.3 Å². The van der Waals surface area contributed by atoms with Crippen molar-refractivity contribution in [1.82, 2.24) is 5.32 Å². The maximum absolute atomic E-state index is 3.33. The standard InChI is InChI=1S/C10H15N/c1-11-10-7-9(10)8-5-3-2-4-6-8/h2-5,8-11H,6-7H2,1H3/t8?,9-,10+/m1/s1. The van der Waals surface area contributed by atoms with Crippen molar-refractivity contribution in [2.75, 3.05) is 7.05 Å². The van der Waals surface area contributed by atoms with Crippen molar-refractivity contribution in [2.24, 2.45) is 11.8 Å². The first kappa shape index (κ1) is 7.11. The molecule has 1 fully saturated rings. The van der Waals surface area contributed by atoms with Gasteiger partial charge in [-0.1, -0.05) is 24.3 Å². The molecule has 0 amide bonds. The summed E-state index contributed by atoms with van der Waals surface area (Å²) in [6.07, 6.45) is 11.6. The van der Waals surface area contributed by atoms with Crippen LogP contribution in [0, 0.1) is 11.8 Å². The molecule has 0 saturated heterocycles. The average Bonchev–Trinajstić information content (AvgIpc) is 2.85. The monoisotopic (exact) mass is 149 g/mol. The van der Waals surface area contributed by atoms with Gasteiger partial charge in [0, 0.05) is 6.04 Å². The van der Waals surface area contributed by atoms with Crippen molar-refractivity contribution in [2.45, 2.75) is 18.9 Å². The third-order valence-electron chi connectivity index (χ3n) is 2.77. The summed E-state index contributed by atoms with van der Waals surface area (Å²) in [4.78, 5) is 0. The summed E-state index contributed by atoms with van der Waals surface area (Å²) in [6, 6.07) is 0.802. The molecule has 1 heteroatoms. The van der Waals surface area contributed by atoms with Gasteiger partial charge in [0.25, 0.3) is 0 Å². The van der Waals surface area contributed by atoms with E-state index < -0.39 is 0 Å². The van der Waals surface area contributed by atoms with Crippen molar-refractivity contribution in [1.29, 1.82) is 0 Å². The lowest BCUT2D eigenvalue weighted by atomic mass is 9.95. The average molecular weight is 149 g/mol. The highest BCUT2D eigenvalue weighted by atomic mass is 14.9. The topological polar surface area (TPSA) is 12.0 Å². The first-order chi connectivity index (χ1) is 5.42. The van der Waals surface area contributed by atoms with Gasteiger partial charge in [0.15, 0.2) is 0 Å². The molecule has 2 aliphatic carbocycles. The Morgan fingerprint density at radius 3 is 2.82 bits per heavy atom. The minimum Gasteiger partial charge on any atom is -0.317 e. The van der Waals surface area contributed by atoms with Gasteiger partial charge in [-0.05, 0) is 31.7 Å². The van der Waals surface area contributed by atoms with E-state index in [-0.39, 0.29) is 0 Å². The Hall–Kier alpha value is -0.560. The zero-order chi connectivity index (χ0) is 7.68. The Bertz CT molecular complexity index is 193. The van der Waals surface area contributed by atoms with Crippen LogP contribution >= 0.6 is 0 Å². The van der Waals surface area contributed by atoms with Crippen molar-refractivity contribution in [3.8, 4) is 0 Å². The van der Waals surface area contributed by atoms with Gasteiger partial charge in [0.05, 0.1) is 0 Å². The summed E-state index contributed by atoms with van der Waals surface area (Å²) in [7, 11) is 2.06. The van der Waals surface area contributed by atoms with Crippen molar-refractivity contribution in [3.63, 3.8) is 0 Å². The lowest BCUT2D eigenvalue weighted by Gasteiger charge is -2.11. The van der Waals surface area contributed by atoms with E-state index in [1.54, 1.807) is 0 Å². The second-order valence-corrected chi connectivity index (χ2v) is 3.51. The minimum absolute atomic E-state index is 0.802. The third-order valence-corrected chi connectivity index (χ3v) is 2.77. The summed E-state index contributed by atoms with van der Waals surface area (Å²) >= 11 is 0. The lowest BCUT2D eigenvalue weighted by molar-refractivity contribution is 0.537. The van der Waals surface area contributed by atoms with Crippen LogP contribution < -0.4 is 5.32 Å². The molecule has 0 bridgehead atoms. The number of allylic oxidation sites excluding steroid dienone is 4. The summed E-state index contributed by atoms with van der Waals surface area (Å²) in [5.41, 5.74) is 0. The number of nitrogens with one attached hydrogen (secondary N) is 1. The number of rotatable bonds is 2. The molecule has 0 heterocycles. The van der Waals surface area contributed by atoms with Gasteiger partial charge in [-0.3, -0.25) is 0 Å². The molecule has 0 aromatic rings.